The number of para-hydroxylation sites is 4. The van der Waals surface area contributed by atoms with Crippen LogP contribution < -0.4 is 4.65 Å². The van der Waals surface area contributed by atoms with Crippen LogP contribution >= 0.6 is 0 Å². The quantitative estimate of drug-likeness (QED) is 0.540. The molecule has 0 bridgehead atoms. The number of nitrogens with zero attached hydrogens (tertiary/aromatic N) is 2. The molecule has 0 amide bonds. The smallest absolute Gasteiger partial charge is 0.322 e. The van der Waals surface area contributed by atoms with Crippen molar-refractivity contribution < 1.29 is 4.65 Å². The van der Waals surface area contributed by atoms with E-state index in [2.05, 4.69) is 22.8 Å². The zero-order chi connectivity index (χ0) is 15.6. The Morgan fingerprint density at radius 1 is 0.783 bits per heavy atom. The summed E-state index contributed by atoms with van der Waals surface area (Å²) < 4.78 is 7.71. The number of fused-ring (bicyclic) bond motifs is 1. The van der Waals surface area contributed by atoms with E-state index in [1.165, 1.54) is 0 Å². The Morgan fingerprint density at radius 3 is 2.30 bits per heavy atom. The van der Waals surface area contributed by atoms with E-state index in [0.717, 1.165) is 33.9 Å². The van der Waals surface area contributed by atoms with Crippen molar-refractivity contribution in [3.63, 3.8) is 0 Å². The summed E-state index contributed by atoms with van der Waals surface area (Å²) in [5, 5.41) is 0. The minimum Gasteiger partial charge on any atom is -0.567 e. The van der Waals surface area contributed by atoms with Crippen LogP contribution in [0.15, 0.2) is 78.9 Å². The van der Waals surface area contributed by atoms with Crippen LogP contribution in [0.25, 0.3) is 28.1 Å². The van der Waals surface area contributed by atoms with E-state index in [1.54, 1.807) is 8.05 Å². The molecule has 0 radical (unpaired) electrons. The molecule has 0 fully saturated rings. The number of imidazole rings is 1. The van der Waals surface area contributed by atoms with Crippen molar-refractivity contribution in [1.82, 2.24) is 9.55 Å². The van der Waals surface area contributed by atoms with Gasteiger partial charge in [0.1, 0.15) is 11.6 Å². The first-order valence-corrected chi connectivity index (χ1v) is 7.55. The maximum Gasteiger partial charge on any atom is 0.322 e. The van der Waals surface area contributed by atoms with Crippen molar-refractivity contribution in [3.8, 4) is 22.8 Å². The molecular weight excluding hydrogens is 283 g/mol. The van der Waals surface area contributed by atoms with Crippen LogP contribution in [0.4, 0.5) is 0 Å². The van der Waals surface area contributed by atoms with Gasteiger partial charge in [-0.05, 0) is 36.4 Å². The maximum atomic E-state index is 5.53. The predicted octanol–water partition coefficient (Wildman–Crippen LogP) is 3.62. The molecule has 0 atom stereocenters. The lowest BCUT2D eigenvalue weighted by Gasteiger charge is -2.12. The number of aromatic nitrogens is 2. The molecule has 0 unspecified atom stereocenters. The van der Waals surface area contributed by atoms with Crippen molar-refractivity contribution in [2.75, 3.05) is 0 Å². The normalized spacial score (nSPS) is 10.8. The zero-order valence-electron chi connectivity index (χ0n) is 12.8. The number of rotatable bonds is 3. The lowest BCUT2D eigenvalue weighted by atomic mass is 10.1. The first kappa shape index (κ1) is 13.6. The molecule has 3 nitrogen and oxygen atoms in total. The molecule has 4 rings (SSSR count). The summed E-state index contributed by atoms with van der Waals surface area (Å²) in [5.41, 5.74) is 4.12. The zero-order valence-corrected chi connectivity index (χ0v) is 12.8. The first-order chi connectivity index (χ1) is 11.4. The molecule has 0 aliphatic rings. The van der Waals surface area contributed by atoms with Gasteiger partial charge in [0.2, 0.25) is 0 Å². The summed E-state index contributed by atoms with van der Waals surface area (Å²) in [7, 11) is 1.69. The lowest BCUT2D eigenvalue weighted by Crippen LogP contribution is -1.99. The van der Waals surface area contributed by atoms with E-state index in [0.29, 0.717) is 0 Å². The van der Waals surface area contributed by atoms with E-state index >= 15 is 0 Å². The third kappa shape index (κ3) is 2.29. The Labute approximate surface area is 135 Å². The second-order valence-electron chi connectivity index (χ2n) is 5.30. The molecule has 4 aromatic rings. The molecule has 110 valence electrons. The van der Waals surface area contributed by atoms with Crippen LogP contribution in [0.3, 0.4) is 0 Å². The van der Waals surface area contributed by atoms with Gasteiger partial charge in [-0.15, -0.1) is 0 Å². The molecule has 0 aliphatic heterocycles. The Hall–Kier alpha value is -3.01. The second kappa shape index (κ2) is 5.65. The number of benzene rings is 3. The summed E-state index contributed by atoms with van der Waals surface area (Å²) in [6.45, 7) is 0. The van der Waals surface area contributed by atoms with E-state index in [-0.39, 0.29) is 0 Å². The third-order valence-corrected chi connectivity index (χ3v) is 3.92. The highest BCUT2D eigenvalue weighted by atomic mass is 16.4. The second-order valence-corrected chi connectivity index (χ2v) is 5.30. The minimum absolute atomic E-state index is 0.819. The van der Waals surface area contributed by atoms with Gasteiger partial charge in [-0.2, -0.15) is 0 Å². The summed E-state index contributed by atoms with van der Waals surface area (Å²) in [4.78, 5) is 4.85. The fraction of sp³-hybridized carbons (Fsp3) is 0. The standard InChI is InChI=1S/C19H15BN2O/c20-23-18-13-7-4-10-15(18)19-21-16-11-5-6-12-17(16)22(19)14-8-2-1-3-9-14/h1-13H,20H2. The Balaban J connectivity index is 2.07. The highest BCUT2D eigenvalue weighted by Crippen LogP contribution is 2.33. The average Bonchev–Trinajstić information content (AvgIpc) is 3.01. The predicted molar refractivity (Wildman–Crippen MR) is 95.7 cm³/mol. The number of hydrogen-bond donors (Lipinski definition) is 0. The van der Waals surface area contributed by atoms with Crippen molar-refractivity contribution in [1.29, 1.82) is 0 Å². The third-order valence-electron chi connectivity index (χ3n) is 3.92. The molecule has 0 aliphatic carbocycles. The van der Waals surface area contributed by atoms with E-state index in [9.17, 15) is 0 Å². The Kier molecular flexibility index (Phi) is 3.35. The van der Waals surface area contributed by atoms with Crippen LogP contribution in [-0.2, 0) is 0 Å². The van der Waals surface area contributed by atoms with E-state index in [4.69, 9.17) is 9.64 Å². The molecule has 0 saturated heterocycles. The van der Waals surface area contributed by atoms with Gasteiger partial charge in [-0.25, -0.2) is 4.98 Å². The van der Waals surface area contributed by atoms with Crippen LogP contribution in [0, 0.1) is 0 Å². The van der Waals surface area contributed by atoms with E-state index in [1.807, 2.05) is 60.7 Å². The topological polar surface area (TPSA) is 27.1 Å². The highest BCUT2D eigenvalue weighted by Gasteiger charge is 2.16. The van der Waals surface area contributed by atoms with Crippen molar-refractivity contribution in [2.24, 2.45) is 0 Å². The molecule has 4 heteroatoms. The van der Waals surface area contributed by atoms with Crippen molar-refractivity contribution in [2.45, 2.75) is 0 Å². The molecule has 1 aromatic heterocycles. The largest absolute Gasteiger partial charge is 0.567 e. The van der Waals surface area contributed by atoms with Crippen LogP contribution in [0.5, 0.6) is 5.75 Å². The SMILES string of the molecule is BOc1ccccc1-c1nc2ccccc2n1-c1ccccc1. The summed E-state index contributed by atoms with van der Waals surface area (Å²) in [6, 6.07) is 26.4. The fourth-order valence-corrected chi connectivity index (χ4v) is 2.87. The van der Waals surface area contributed by atoms with Gasteiger partial charge in [0.15, 0.2) is 0 Å². The van der Waals surface area contributed by atoms with Gasteiger partial charge in [-0.1, -0.05) is 42.5 Å². The van der Waals surface area contributed by atoms with Gasteiger partial charge < -0.3 is 4.65 Å². The summed E-state index contributed by atoms with van der Waals surface area (Å²) in [5.74, 6) is 1.70. The molecule has 3 aromatic carbocycles. The summed E-state index contributed by atoms with van der Waals surface area (Å²) in [6.07, 6.45) is 0. The summed E-state index contributed by atoms with van der Waals surface area (Å²) >= 11 is 0. The van der Waals surface area contributed by atoms with Gasteiger partial charge >= 0.3 is 8.05 Å². The van der Waals surface area contributed by atoms with Gasteiger partial charge in [0, 0.05) is 5.69 Å². The first-order valence-electron chi connectivity index (χ1n) is 7.55. The molecule has 0 saturated carbocycles. The van der Waals surface area contributed by atoms with E-state index < -0.39 is 0 Å². The molecule has 23 heavy (non-hydrogen) atoms. The van der Waals surface area contributed by atoms with Gasteiger partial charge in [-0.3, -0.25) is 4.57 Å². The Bertz CT molecular complexity index is 963. The van der Waals surface area contributed by atoms with Gasteiger partial charge in [0.25, 0.3) is 0 Å². The molecule has 1 heterocycles. The monoisotopic (exact) mass is 298 g/mol. The van der Waals surface area contributed by atoms with Crippen LogP contribution in [0.1, 0.15) is 0 Å². The van der Waals surface area contributed by atoms with Crippen LogP contribution in [-0.4, -0.2) is 17.6 Å². The van der Waals surface area contributed by atoms with Crippen molar-refractivity contribution >= 4 is 19.1 Å². The maximum absolute atomic E-state index is 5.53. The van der Waals surface area contributed by atoms with Crippen molar-refractivity contribution in [3.05, 3.63) is 78.9 Å². The minimum atomic E-state index is 0.819. The van der Waals surface area contributed by atoms with Gasteiger partial charge in [0.05, 0.1) is 16.6 Å². The Morgan fingerprint density at radius 2 is 1.48 bits per heavy atom. The number of hydrogen-bond acceptors (Lipinski definition) is 2. The molecular formula is C19H15BN2O. The fourth-order valence-electron chi connectivity index (χ4n) is 2.87. The van der Waals surface area contributed by atoms with Crippen LogP contribution in [0.2, 0.25) is 0 Å². The molecule has 0 N–H and O–H groups in total. The average molecular weight is 298 g/mol. The highest BCUT2D eigenvalue weighted by molar-refractivity contribution is 6.00. The lowest BCUT2D eigenvalue weighted by molar-refractivity contribution is 0.617. The molecule has 0 spiro atoms.